The second-order valence-electron chi connectivity index (χ2n) is 5.69. The first-order chi connectivity index (χ1) is 12.1. The van der Waals surface area contributed by atoms with Gasteiger partial charge in [0.2, 0.25) is 5.91 Å². The zero-order valence-corrected chi connectivity index (χ0v) is 15.5. The first kappa shape index (κ1) is 20.5. The van der Waals surface area contributed by atoms with E-state index in [4.69, 9.17) is 4.74 Å². The quantitative estimate of drug-likeness (QED) is 0.345. The van der Waals surface area contributed by atoms with Gasteiger partial charge < -0.3 is 20.7 Å². The normalized spacial score (nSPS) is 12.2. The third-order valence-electron chi connectivity index (χ3n) is 3.66. The largest absolute Gasteiger partial charge is 0.489 e. The third-order valence-corrected chi connectivity index (χ3v) is 3.66. The lowest BCUT2D eigenvalue weighted by atomic mass is 10.2. The van der Waals surface area contributed by atoms with Crippen molar-refractivity contribution >= 4 is 11.9 Å². The van der Waals surface area contributed by atoms with Gasteiger partial charge in [0, 0.05) is 38.2 Å². The van der Waals surface area contributed by atoms with Crippen LogP contribution >= 0.6 is 0 Å². The van der Waals surface area contributed by atoms with Crippen molar-refractivity contribution in [3.63, 3.8) is 0 Å². The number of guanidine groups is 1. The minimum atomic E-state index is 0.0421. The molecule has 1 rings (SSSR count). The Morgan fingerprint density at radius 3 is 2.80 bits per heavy atom. The number of ether oxygens (including phenoxy) is 1. The van der Waals surface area contributed by atoms with Crippen molar-refractivity contribution < 1.29 is 9.53 Å². The fraction of sp³-hybridized carbons (Fsp3) is 0.474. The number of rotatable bonds is 10. The zero-order valence-electron chi connectivity index (χ0n) is 15.5. The molecule has 0 radical (unpaired) electrons. The smallest absolute Gasteiger partial charge is 0.221 e. The molecule has 1 unspecified atom stereocenters. The van der Waals surface area contributed by atoms with Crippen molar-refractivity contribution in [3.8, 4) is 5.75 Å². The summed E-state index contributed by atoms with van der Waals surface area (Å²) >= 11 is 0. The van der Waals surface area contributed by atoms with Crippen LogP contribution in [-0.4, -0.2) is 38.1 Å². The number of aliphatic imine (C=N–C) groups is 1. The van der Waals surface area contributed by atoms with Crippen LogP contribution in [0.5, 0.6) is 5.75 Å². The topological polar surface area (TPSA) is 74.8 Å². The summed E-state index contributed by atoms with van der Waals surface area (Å²) in [5.74, 6) is 1.51. The maximum Gasteiger partial charge on any atom is 0.221 e. The van der Waals surface area contributed by atoms with Crippen LogP contribution in [0.15, 0.2) is 41.9 Å². The molecule has 3 N–H and O–H groups in total. The summed E-state index contributed by atoms with van der Waals surface area (Å²) in [6.07, 6.45) is 3.05. The van der Waals surface area contributed by atoms with Crippen LogP contribution in [0.4, 0.5) is 0 Å². The Bertz CT molecular complexity index is 572. The van der Waals surface area contributed by atoms with Crippen LogP contribution in [0, 0.1) is 0 Å². The highest BCUT2D eigenvalue weighted by atomic mass is 16.5. The molecule has 1 amide bonds. The monoisotopic (exact) mass is 346 g/mol. The molecule has 0 aliphatic rings. The average Bonchev–Trinajstić information content (AvgIpc) is 2.63. The molecular formula is C19H30N4O2. The zero-order chi connectivity index (χ0) is 18.5. The molecule has 0 fully saturated rings. The van der Waals surface area contributed by atoms with Gasteiger partial charge in [-0.3, -0.25) is 9.79 Å². The van der Waals surface area contributed by atoms with Gasteiger partial charge in [0.1, 0.15) is 12.4 Å². The Hall–Kier alpha value is -2.50. The number of hydrogen-bond acceptors (Lipinski definition) is 3. The minimum absolute atomic E-state index is 0.0421. The molecule has 1 aromatic rings. The Kier molecular flexibility index (Phi) is 9.82. The van der Waals surface area contributed by atoms with Gasteiger partial charge in [-0.25, -0.2) is 0 Å². The summed E-state index contributed by atoms with van der Waals surface area (Å²) in [7, 11) is 1.70. The van der Waals surface area contributed by atoms with Crippen molar-refractivity contribution in [2.24, 2.45) is 4.99 Å². The van der Waals surface area contributed by atoms with Gasteiger partial charge in [-0.05, 0) is 19.4 Å². The van der Waals surface area contributed by atoms with Crippen LogP contribution in [-0.2, 0) is 11.3 Å². The molecule has 6 nitrogen and oxygen atoms in total. The standard InChI is InChI=1S/C19H30N4O2/c1-5-13-25-17-10-8-7-9-16(17)14-22-19(20-4)21-12-11-18(24)23-15(3)6-2/h5,7-10,15H,1,6,11-14H2,2-4H3,(H,23,24)(H2,20,21,22). The molecule has 25 heavy (non-hydrogen) atoms. The second kappa shape index (κ2) is 11.9. The van der Waals surface area contributed by atoms with Gasteiger partial charge in [0.05, 0.1) is 0 Å². The van der Waals surface area contributed by atoms with E-state index in [0.717, 1.165) is 17.7 Å². The van der Waals surface area contributed by atoms with Gasteiger partial charge >= 0.3 is 0 Å². The Morgan fingerprint density at radius 2 is 2.12 bits per heavy atom. The lowest BCUT2D eigenvalue weighted by Gasteiger charge is -2.15. The van der Waals surface area contributed by atoms with Gasteiger partial charge in [0.25, 0.3) is 0 Å². The summed E-state index contributed by atoms with van der Waals surface area (Å²) in [4.78, 5) is 15.9. The number of nitrogens with zero attached hydrogens (tertiary/aromatic N) is 1. The Balaban J connectivity index is 2.42. The Morgan fingerprint density at radius 1 is 1.36 bits per heavy atom. The van der Waals surface area contributed by atoms with E-state index in [0.29, 0.717) is 32.1 Å². The Labute approximate surface area is 150 Å². The lowest BCUT2D eigenvalue weighted by molar-refractivity contribution is -0.121. The predicted molar refractivity (Wildman–Crippen MR) is 103 cm³/mol. The molecule has 6 heteroatoms. The van der Waals surface area contributed by atoms with Crippen molar-refractivity contribution in [3.05, 3.63) is 42.5 Å². The van der Waals surface area contributed by atoms with Crippen molar-refractivity contribution in [1.82, 2.24) is 16.0 Å². The maximum absolute atomic E-state index is 11.8. The number of nitrogens with one attached hydrogen (secondary N) is 3. The van der Waals surface area contributed by atoms with Crippen molar-refractivity contribution in [1.29, 1.82) is 0 Å². The van der Waals surface area contributed by atoms with E-state index in [1.54, 1.807) is 13.1 Å². The number of carbonyl (C=O) groups excluding carboxylic acids is 1. The van der Waals surface area contributed by atoms with E-state index in [2.05, 4.69) is 27.5 Å². The molecule has 0 saturated carbocycles. The fourth-order valence-corrected chi connectivity index (χ4v) is 2.08. The molecule has 1 atom stereocenters. The summed E-state index contributed by atoms with van der Waals surface area (Å²) in [5.41, 5.74) is 1.03. The molecule has 0 aliphatic heterocycles. The third kappa shape index (κ3) is 8.24. The van der Waals surface area contributed by atoms with Crippen molar-refractivity contribution in [2.75, 3.05) is 20.2 Å². The average molecular weight is 346 g/mol. The van der Waals surface area contributed by atoms with E-state index < -0.39 is 0 Å². The highest BCUT2D eigenvalue weighted by Gasteiger charge is 2.07. The SMILES string of the molecule is C=CCOc1ccccc1CNC(=NC)NCCC(=O)NC(C)CC. The summed E-state index contributed by atoms with van der Waals surface area (Å²) in [6.45, 7) is 9.27. The molecule has 1 aromatic carbocycles. The molecule has 0 aromatic heterocycles. The first-order valence-corrected chi connectivity index (χ1v) is 8.66. The second-order valence-corrected chi connectivity index (χ2v) is 5.69. The first-order valence-electron chi connectivity index (χ1n) is 8.66. The summed E-state index contributed by atoms with van der Waals surface area (Å²) in [6, 6.07) is 8.03. The van der Waals surface area contributed by atoms with Gasteiger partial charge in [-0.15, -0.1) is 0 Å². The van der Waals surface area contributed by atoms with Crippen LogP contribution in [0.25, 0.3) is 0 Å². The maximum atomic E-state index is 11.8. The number of amides is 1. The molecule has 0 spiro atoms. The van der Waals surface area contributed by atoms with Crippen LogP contribution < -0.4 is 20.7 Å². The molecule has 0 heterocycles. The van der Waals surface area contributed by atoms with Crippen LogP contribution in [0.1, 0.15) is 32.3 Å². The molecule has 0 aliphatic carbocycles. The van der Waals surface area contributed by atoms with E-state index in [9.17, 15) is 4.79 Å². The van der Waals surface area contributed by atoms with Crippen LogP contribution in [0.2, 0.25) is 0 Å². The van der Waals surface area contributed by atoms with E-state index in [-0.39, 0.29) is 11.9 Å². The number of hydrogen-bond donors (Lipinski definition) is 3. The van der Waals surface area contributed by atoms with E-state index in [1.807, 2.05) is 38.1 Å². The summed E-state index contributed by atoms with van der Waals surface area (Å²) < 4.78 is 5.64. The van der Waals surface area contributed by atoms with Gasteiger partial charge in [0.15, 0.2) is 5.96 Å². The van der Waals surface area contributed by atoms with Crippen LogP contribution in [0.3, 0.4) is 0 Å². The van der Waals surface area contributed by atoms with Gasteiger partial charge in [-0.2, -0.15) is 0 Å². The molecular weight excluding hydrogens is 316 g/mol. The minimum Gasteiger partial charge on any atom is -0.489 e. The number of benzene rings is 1. The number of carbonyl (C=O) groups is 1. The van der Waals surface area contributed by atoms with E-state index in [1.165, 1.54) is 0 Å². The lowest BCUT2D eigenvalue weighted by Crippen LogP contribution is -2.40. The molecule has 0 bridgehead atoms. The highest BCUT2D eigenvalue weighted by Crippen LogP contribution is 2.17. The molecule has 138 valence electrons. The fourth-order valence-electron chi connectivity index (χ4n) is 2.08. The van der Waals surface area contributed by atoms with E-state index >= 15 is 0 Å². The highest BCUT2D eigenvalue weighted by molar-refractivity contribution is 5.81. The van der Waals surface area contributed by atoms with Crippen molar-refractivity contribution in [2.45, 2.75) is 39.3 Å². The summed E-state index contributed by atoms with van der Waals surface area (Å²) in [5, 5.41) is 9.32. The molecule has 0 saturated heterocycles. The predicted octanol–water partition coefficient (Wildman–Crippen LogP) is 2.22. The number of para-hydroxylation sites is 1. The van der Waals surface area contributed by atoms with Gasteiger partial charge in [-0.1, -0.05) is 37.8 Å².